The van der Waals surface area contributed by atoms with Crippen molar-refractivity contribution in [3.63, 3.8) is 0 Å². The molecule has 0 aromatic carbocycles. The fraction of sp³-hybridized carbons (Fsp3) is 0.600. The van der Waals surface area contributed by atoms with E-state index >= 15 is 0 Å². The summed E-state index contributed by atoms with van der Waals surface area (Å²) < 4.78 is 6.49. The van der Waals surface area contributed by atoms with Gasteiger partial charge in [0.1, 0.15) is 6.54 Å². The maximum Gasteiger partial charge on any atom is 0.269 e. The average molecular weight is 318 g/mol. The number of hydrogen-bond donors (Lipinski definition) is 1. The van der Waals surface area contributed by atoms with E-state index in [-0.39, 0.29) is 18.0 Å². The number of hydrogen-bond acceptors (Lipinski definition) is 7. The second-order valence-corrected chi connectivity index (χ2v) is 6.25. The number of aromatic nitrogens is 4. The number of anilines is 1. The van der Waals surface area contributed by atoms with E-state index in [1.54, 1.807) is 12.3 Å². The third-order valence-corrected chi connectivity index (χ3v) is 4.12. The van der Waals surface area contributed by atoms with Crippen LogP contribution >= 0.6 is 0 Å². The summed E-state index contributed by atoms with van der Waals surface area (Å²) in [5.41, 5.74) is 6.37. The largest absolute Gasteiger partial charge is 0.370 e. The van der Waals surface area contributed by atoms with Crippen LogP contribution in [0.4, 0.5) is 5.69 Å². The highest BCUT2D eigenvalue weighted by Gasteiger charge is 2.22. The molecule has 1 atom stereocenters. The van der Waals surface area contributed by atoms with Crippen LogP contribution in [-0.2, 0) is 6.54 Å². The first kappa shape index (κ1) is 15.7. The van der Waals surface area contributed by atoms with Gasteiger partial charge < -0.3 is 15.2 Å². The lowest BCUT2D eigenvalue weighted by Gasteiger charge is -2.17. The fourth-order valence-corrected chi connectivity index (χ4v) is 2.67. The van der Waals surface area contributed by atoms with Crippen molar-refractivity contribution < 1.29 is 4.52 Å². The van der Waals surface area contributed by atoms with Gasteiger partial charge in [0.2, 0.25) is 5.89 Å². The first-order valence-corrected chi connectivity index (χ1v) is 7.91. The fourth-order valence-electron chi connectivity index (χ4n) is 2.67. The zero-order chi connectivity index (χ0) is 16.4. The molecule has 2 aromatic heterocycles. The Morgan fingerprint density at radius 1 is 1.48 bits per heavy atom. The summed E-state index contributed by atoms with van der Waals surface area (Å²) in [6.45, 7) is 6.62. The van der Waals surface area contributed by atoms with Gasteiger partial charge in [0.25, 0.3) is 5.56 Å². The van der Waals surface area contributed by atoms with E-state index in [0.717, 1.165) is 25.2 Å². The molecule has 2 N–H and O–H groups in total. The smallest absolute Gasteiger partial charge is 0.269 e. The van der Waals surface area contributed by atoms with Crippen molar-refractivity contribution in [1.82, 2.24) is 19.9 Å². The molecule has 0 bridgehead atoms. The monoisotopic (exact) mass is 318 g/mol. The molecule has 0 spiro atoms. The van der Waals surface area contributed by atoms with E-state index in [1.807, 2.05) is 13.8 Å². The highest BCUT2D eigenvalue weighted by molar-refractivity contribution is 5.44. The molecule has 0 amide bonds. The predicted molar refractivity (Wildman–Crippen MR) is 85.4 cm³/mol. The van der Waals surface area contributed by atoms with Crippen LogP contribution in [0.1, 0.15) is 37.9 Å². The van der Waals surface area contributed by atoms with Crippen molar-refractivity contribution in [2.24, 2.45) is 11.7 Å². The Labute approximate surface area is 134 Å². The zero-order valence-corrected chi connectivity index (χ0v) is 13.5. The van der Waals surface area contributed by atoms with Crippen molar-refractivity contribution in [3.05, 3.63) is 34.3 Å². The average Bonchev–Trinajstić information content (AvgIpc) is 3.18. The maximum absolute atomic E-state index is 12.3. The Balaban J connectivity index is 1.73. The highest BCUT2D eigenvalue weighted by Crippen LogP contribution is 2.21. The molecule has 3 heterocycles. The van der Waals surface area contributed by atoms with Crippen LogP contribution in [0, 0.1) is 5.92 Å². The van der Waals surface area contributed by atoms with Gasteiger partial charge in [-0.2, -0.15) is 10.1 Å². The molecule has 2 aromatic rings. The van der Waals surface area contributed by atoms with Crippen molar-refractivity contribution in [2.75, 3.05) is 24.5 Å². The predicted octanol–water partition coefficient (Wildman–Crippen LogP) is 0.583. The lowest BCUT2D eigenvalue weighted by Crippen LogP contribution is -2.27. The quantitative estimate of drug-likeness (QED) is 0.860. The van der Waals surface area contributed by atoms with Crippen molar-refractivity contribution in [2.45, 2.75) is 32.7 Å². The van der Waals surface area contributed by atoms with E-state index in [2.05, 4.69) is 20.1 Å². The minimum atomic E-state index is -0.178. The van der Waals surface area contributed by atoms with E-state index in [0.29, 0.717) is 24.2 Å². The van der Waals surface area contributed by atoms with E-state index in [1.165, 1.54) is 4.68 Å². The van der Waals surface area contributed by atoms with Crippen LogP contribution in [0.15, 0.2) is 21.6 Å². The third kappa shape index (κ3) is 3.42. The van der Waals surface area contributed by atoms with Gasteiger partial charge in [-0.15, -0.1) is 0 Å². The van der Waals surface area contributed by atoms with Gasteiger partial charge in [0.05, 0.1) is 11.9 Å². The van der Waals surface area contributed by atoms with Gasteiger partial charge in [-0.1, -0.05) is 19.0 Å². The van der Waals surface area contributed by atoms with Crippen LogP contribution < -0.4 is 16.2 Å². The van der Waals surface area contributed by atoms with E-state index in [4.69, 9.17) is 10.3 Å². The number of nitrogens with zero attached hydrogens (tertiary/aromatic N) is 5. The SMILES string of the molecule is CC(C)c1noc(Cn2ncc(N3CC[C@H](CN)C3)cc2=O)n1. The zero-order valence-electron chi connectivity index (χ0n) is 13.5. The molecule has 1 aliphatic heterocycles. The second-order valence-electron chi connectivity index (χ2n) is 6.25. The first-order chi connectivity index (χ1) is 11.1. The maximum atomic E-state index is 12.3. The van der Waals surface area contributed by atoms with Crippen molar-refractivity contribution in [3.8, 4) is 0 Å². The molecule has 8 heteroatoms. The van der Waals surface area contributed by atoms with Gasteiger partial charge >= 0.3 is 0 Å². The Morgan fingerprint density at radius 3 is 2.91 bits per heavy atom. The summed E-state index contributed by atoms with van der Waals surface area (Å²) in [7, 11) is 0. The van der Waals surface area contributed by atoms with Crippen LogP contribution in [0.3, 0.4) is 0 Å². The molecule has 1 saturated heterocycles. The van der Waals surface area contributed by atoms with Crippen molar-refractivity contribution in [1.29, 1.82) is 0 Å². The Kier molecular flexibility index (Phi) is 4.42. The second kappa shape index (κ2) is 6.49. The standard InChI is InChI=1S/C15H22N6O2/c1-10(2)15-18-13(23-19-15)9-21-14(22)5-12(7-17-21)20-4-3-11(6-16)8-20/h5,7,10-11H,3-4,6,8-9,16H2,1-2H3/t11-/m1/s1. The van der Waals surface area contributed by atoms with Crippen LogP contribution in [0.5, 0.6) is 0 Å². The normalized spacial score (nSPS) is 18.1. The van der Waals surface area contributed by atoms with Crippen LogP contribution in [0.2, 0.25) is 0 Å². The van der Waals surface area contributed by atoms with Crippen LogP contribution in [0.25, 0.3) is 0 Å². The van der Waals surface area contributed by atoms with Crippen LogP contribution in [-0.4, -0.2) is 39.6 Å². The minimum Gasteiger partial charge on any atom is -0.370 e. The summed E-state index contributed by atoms with van der Waals surface area (Å²) in [6.07, 6.45) is 2.76. The molecule has 0 unspecified atom stereocenters. The summed E-state index contributed by atoms with van der Waals surface area (Å²) in [5.74, 6) is 1.70. The lowest BCUT2D eigenvalue weighted by atomic mass is 10.1. The van der Waals surface area contributed by atoms with Gasteiger partial charge in [0.15, 0.2) is 5.82 Å². The molecule has 3 rings (SSSR count). The van der Waals surface area contributed by atoms with Crippen molar-refractivity contribution >= 4 is 5.69 Å². The highest BCUT2D eigenvalue weighted by atomic mass is 16.5. The Hall–Kier alpha value is -2.22. The van der Waals surface area contributed by atoms with Gasteiger partial charge in [0, 0.05) is 25.1 Å². The number of nitrogens with two attached hydrogens (primary N) is 1. The molecule has 23 heavy (non-hydrogen) atoms. The van der Waals surface area contributed by atoms with Gasteiger partial charge in [-0.05, 0) is 18.9 Å². The summed E-state index contributed by atoms with van der Waals surface area (Å²) in [4.78, 5) is 18.7. The molecule has 0 radical (unpaired) electrons. The third-order valence-electron chi connectivity index (χ3n) is 4.12. The Morgan fingerprint density at radius 2 is 2.30 bits per heavy atom. The summed E-state index contributed by atoms with van der Waals surface area (Å²) in [5, 5.41) is 8.12. The molecule has 0 saturated carbocycles. The first-order valence-electron chi connectivity index (χ1n) is 7.91. The summed E-state index contributed by atoms with van der Waals surface area (Å²) >= 11 is 0. The number of rotatable bonds is 5. The molecule has 8 nitrogen and oxygen atoms in total. The molecule has 124 valence electrons. The molecule has 1 fully saturated rings. The Bertz CT molecular complexity index is 723. The molecule has 0 aliphatic carbocycles. The molecular formula is C15H22N6O2. The minimum absolute atomic E-state index is 0.178. The molecular weight excluding hydrogens is 296 g/mol. The van der Waals surface area contributed by atoms with Gasteiger partial charge in [-0.25, -0.2) is 4.68 Å². The topological polar surface area (TPSA) is 103 Å². The molecule has 1 aliphatic rings. The lowest BCUT2D eigenvalue weighted by molar-refractivity contribution is 0.357. The van der Waals surface area contributed by atoms with Gasteiger partial charge in [-0.3, -0.25) is 4.79 Å². The van der Waals surface area contributed by atoms with E-state index in [9.17, 15) is 4.79 Å². The van der Waals surface area contributed by atoms with E-state index < -0.39 is 0 Å². The summed E-state index contributed by atoms with van der Waals surface area (Å²) in [6, 6.07) is 1.60.